The number of benzene rings is 1. The maximum atomic E-state index is 12.6. The summed E-state index contributed by atoms with van der Waals surface area (Å²) in [4.78, 5) is 37.7. The van der Waals surface area contributed by atoms with Gasteiger partial charge in [-0.3, -0.25) is 19.3 Å². The maximum absolute atomic E-state index is 12.6. The van der Waals surface area contributed by atoms with Gasteiger partial charge in [0.25, 0.3) is 11.8 Å². The van der Waals surface area contributed by atoms with E-state index in [9.17, 15) is 14.4 Å². The highest BCUT2D eigenvalue weighted by Gasteiger charge is 2.43. The molecule has 0 saturated carbocycles. The van der Waals surface area contributed by atoms with Crippen LogP contribution in [0.2, 0.25) is 0 Å². The minimum Gasteiger partial charge on any atom is -0.479 e. The number of hydrogen-bond donors (Lipinski definition) is 0. The maximum Gasteiger partial charge on any atom is 0.302 e. The van der Waals surface area contributed by atoms with Gasteiger partial charge in [-0.1, -0.05) is 12.1 Å². The summed E-state index contributed by atoms with van der Waals surface area (Å²) in [5.74, 6) is -1.38. The number of hydrogen-bond acceptors (Lipinski definition) is 7. The van der Waals surface area contributed by atoms with Crippen LogP contribution in [0.25, 0.3) is 0 Å². The SMILES string of the molecule is CCOC(=S)SC([C@@H](C)OC(C)=O)N1C(=O)c2ccccc2C1=O. The molecular weight excluding hydrogens is 350 g/mol. The molecule has 1 unspecified atom stereocenters. The Kier molecular flexibility index (Phi) is 5.95. The number of carbonyl (C=O) groups excluding carboxylic acids is 3. The zero-order valence-electron chi connectivity index (χ0n) is 13.5. The number of amides is 2. The predicted octanol–water partition coefficient (Wildman–Crippen LogP) is 2.61. The van der Waals surface area contributed by atoms with Crippen LogP contribution in [0.3, 0.4) is 0 Å². The van der Waals surface area contributed by atoms with Crippen LogP contribution in [-0.4, -0.2) is 45.2 Å². The van der Waals surface area contributed by atoms with Crippen LogP contribution < -0.4 is 0 Å². The van der Waals surface area contributed by atoms with E-state index in [1.54, 1.807) is 38.1 Å². The van der Waals surface area contributed by atoms with Gasteiger partial charge in [-0.2, -0.15) is 0 Å². The highest BCUT2D eigenvalue weighted by Crippen LogP contribution is 2.32. The molecule has 24 heavy (non-hydrogen) atoms. The minimum atomic E-state index is -0.805. The Balaban J connectivity index is 2.33. The van der Waals surface area contributed by atoms with Gasteiger partial charge in [0.05, 0.1) is 17.7 Å². The molecule has 2 amide bonds. The Morgan fingerprint density at radius 3 is 2.25 bits per heavy atom. The number of fused-ring (bicyclic) bond motifs is 1. The number of carbonyl (C=O) groups is 3. The smallest absolute Gasteiger partial charge is 0.302 e. The third-order valence-corrected chi connectivity index (χ3v) is 4.86. The first-order chi connectivity index (χ1) is 11.4. The lowest BCUT2D eigenvalue weighted by Gasteiger charge is -2.29. The molecule has 0 fully saturated rings. The van der Waals surface area contributed by atoms with Crippen LogP contribution in [0.4, 0.5) is 0 Å². The second-order valence-electron chi connectivity index (χ2n) is 5.03. The van der Waals surface area contributed by atoms with E-state index in [1.807, 2.05) is 0 Å². The van der Waals surface area contributed by atoms with Crippen LogP contribution in [0.15, 0.2) is 24.3 Å². The molecule has 1 aromatic carbocycles. The summed E-state index contributed by atoms with van der Waals surface area (Å²) >= 11 is 6.12. The molecule has 1 aliphatic heterocycles. The predicted molar refractivity (Wildman–Crippen MR) is 93.8 cm³/mol. The number of thioether (sulfide) groups is 1. The molecule has 8 heteroatoms. The molecule has 1 heterocycles. The first-order valence-corrected chi connectivity index (χ1v) is 8.63. The zero-order chi connectivity index (χ0) is 17.9. The summed E-state index contributed by atoms with van der Waals surface area (Å²) in [6.07, 6.45) is -0.742. The van der Waals surface area contributed by atoms with Crippen LogP contribution in [0, 0.1) is 0 Å². The van der Waals surface area contributed by atoms with Crippen molar-refractivity contribution in [1.82, 2.24) is 4.90 Å². The topological polar surface area (TPSA) is 72.9 Å². The van der Waals surface area contributed by atoms with Gasteiger partial charge in [-0.15, -0.1) is 0 Å². The second-order valence-corrected chi connectivity index (χ2v) is 6.75. The largest absolute Gasteiger partial charge is 0.479 e. The summed E-state index contributed by atoms with van der Waals surface area (Å²) in [5, 5.41) is -0.805. The van der Waals surface area contributed by atoms with Crippen molar-refractivity contribution in [3.05, 3.63) is 35.4 Å². The van der Waals surface area contributed by atoms with E-state index in [-0.39, 0.29) is 4.38 Å². The quantitative estimate of drug-likeness (QED) is 0.450. The van der Waals surface area contributed by atoms with E-state index >= 15 is 0 Å². The van der Waals surface area contributed by atoms with Gasteiger partial charge in [0, 0.05) is 6.92 Å². The van der Waals surface area contributed by atoms with Crippen molar-refractivity contribution in [3.8, 4) is 0 Å². The highest BCUT2D eigenvalue weighted by atomic mass is 32.2. The lowest BCUT2D eigenvalue weighted by Crippen LogP contribution is -2.46. The van der Waals surface area contributed by atoms with Crippen LogP contribution >= 0.6 is 24.0 Å². The van der Waals surface area contributed by atoms with E-state index < -0.39 is 29.3 Å². The molecule has 0 N–H and O–H groups in total. The van der Waals surface area contributed by atoms with Crippen molar-refractivity contribution in [2.75, 3.05) is 6.61 Å². The molecule has 0 radical (unpaired) electrons. The number of esters is 1. The van der Waals surface area contributed by atoms with E-state index in [1.165, 1.54) is 6.92 Å². The Morgan fingerprint density at radius 1 is 1.25 bits per heavy atom. The fourth-order valence-corrected chi connectivity index (χ4v) is 3.71. The van der Waals surface area contributed by atoms with Crippen molar-refractivity contribution in [3.63, 3.8) is 0 Å². The molecule has 6 nitrogen and oxygen atoms in total. The summed E-state index contributed by atoms with van der Waals surface area (Å²) < 4.78 is 10.6. The van der Waals surface area contributed by atoms with Crippen LogP contribution in [0.1, 0.15) is 41.5 Å². The summed E-state index contributed by atoms with van der Waals surface area (Å²) in [6.45, 7) is 5.01. The number of nitrogens with zero attached hydrogens (tertiary/aromatic N) is 1. The average molecular weight is 367 g/mol. The molecule has 0 aromatic heterocycles. The third kappa shape index (κ3) is 3.76. The summed E-state index contributed by atoms with van der Waals surface area (Å²) in [7, 11) is 0. The molecule has 0 bridgehead atoms. The Morgan fingerprint density at radius 2 is 1.79 bits per heavy atom. The van der Waals surface area contributed by atoms with Crippen LogP contribution in [0.5, 0.6) is 0 Å². The molecule has 2 atom stereocenters. The first-order valence-electron chi connectivity index (χ1n) is 7.34. The second kappa shape index (κ2) is 7.76. The van der Waals surface area contributed by atoms with Gasteiger partial charge in [-0.25, -0.2) is 0 Å². The molecule has 0 aliphatic carbocycles. The number of rotatable bonds is 5. The molecule has 128 valence electrons. The fraction of sp³-hybridized carbons (Fsp3) is 0.375. The minimum absolute atomic E-state index is 0.179. The highest BCUT2D eigenvalue weighted by molar-refractivity contribution is 8.23. The lowest BCUT2D eigenvalue weighted by atomic mass is 10.1. The van der Waals surface area contributed by atoms with E-state index in [0.29, 0.717) is 17.7 Å². The molecule has 0 spiro atoms. The Hall–Kier alpha value is -1.93. The van der Waals surface area contributed by atoms with Crippen LogP contribution in [-0.2, 0) is 14.3 Å². The lowest BCUT2D eigenvalue weighted by molar-refractivity contribution is -0.146. The standard InChI is InChI=1S/C16H17NO5S2/c1-4-21-16(23)24-15(9(2)22-10(3)18)17-13(19)11-7-5-6-8-12(11)14(17)20/h5-9,15H,4H2,1-3H3/t9-,15?/m1/s1. The number of thiocarbonyl (C=S) groups is 1. The Bertz CT molecular complexity index is 656. The van der Waals surface area contributed by atoms with E-state index in [0.717, 1.165) is 16.7 Å². The summed E-state index contributed by atoms with van der Waals surface area (Å²) in [5.41, 5.74) is 0.649. The van der Waals surface area contributed by atoms with Gasteiger partial charge >= 0.3 is 5.97 Å². The van der Waals surface area contributed by atoms with Gasteiger partial charge in [-0.05, 0) is 50.0 Å². The van der Waals surface area contributed by atoms with Gasteiger partial charge in [0.1, 0.15) is 11.5 Å². The van der Waals surface area contributed by atoms with Crippen molar-refractivity contribution in [2.24, 2.45) is 0 Å². The molecule has 0 saturated heterocycles. The number of ether oxygens (including phenoxy) is 2. The van der Waals surface area contributed by atoms with Gasteiger partial charge in [0.2, 0.25) is 4.38 Å². The molecule has 1 aromatic rings. The molecule has 2 rings (SSSR count). The first kappa shape index (κ1) is 18.4. The van der Waals surface area contributed by atoms with E-state index in [4.69, 9.17) is 21.7 Å². The van der Waals surface area contributed by atoms with Crippen molar-refractivity contribution in [2.45, 2.75) is 32.2 Å². The van der Waals surface area contributed by atoms with Gasteiger partial charge < -0.3 is 9.47 Å². The normalized spacial score (nSPS) is 15.7. The van der Waals surface area contributed by atoms with Crippen molar-refractivity contribution >= 4 is 46.1 Å². The average Bonchev–Trinajstić information content (AvgIpc) is 2.77. The van der Waals surface area contributed by atoms with E-state index in [2.05, 4.69) is 0 Å². The van der Waals surface area contributed by atoms with Crippen molar-refractivity contribution < 1.29 is 23.9 Å². The number of imide groups is 1. The molecular formula is C16H17NO5S2. The Labute approximate surface area is 149 Å². The molecule has 1 aliphatic rings. The fourth-order valence-electron chi connectivity index (χ4n) is 2.37. The zero-order valence-corrected chi connectivity index (χ0v) is 15.1. The van der Waals surface area contributed by atoms with Crippen molar-refractivity contribution in [1.29, 1.82) is 0 Å². The monoisotopic (exact) mass is 367 g/mol. The van der Waals surface area contributed by atoms with Gasteiger partial charge in [0.15, 0.2) is 0 Å². The summed E-state index contributed by atoms with van der Waals surface area (Å²) in [6, 6.07) is 6.56. The third-order valence-electron chi connectivity index (χ3n) is 3.31.